The molecule has 1 aliphatic rings. The van der Waals surface area contributed by atoms with Gasteiger partial charge in [-0.25, -0.2) is 19.9 Å². The molecule has 1 saturated heterocycles. The number of amides is 1. The summed E-state index contributed by atoms with van der Waals surface area (Å²) >= 11 is 0. The number of hydrazine groups is 3. The third-order valence-electron chi connectivity index (χ3n) is 4.21. The molecule has 134 valence electrons. The Hall–Kier alpha value is -2.33. The SMILES string of the molecule is Cc1cc(F)ccc1-n1ccc(C(=O)N(C)CC(C)C2NNNN2)n1. The summed E-state index contributed by atoms with van der Waals surface area (Å²) in [4.78, 5) is 14.2. The van der Waals surface area contributed by atoms with E-state index in [1.807, 2.05) is 6.92 Å². The number of nitrogens with one attached hydrogen (secondary N) is 4. The zero-order valence-electron chi connectivity index (χ0n) is 14.4. The lowest BCUT2D eigenvalue weighted by atomic mass is 10.1. The van der Waals surface area contributed by atoms with Crippen LogP contribution < -0.4 is 21.9 Å². The number of rotatable bonds is 5. The minimum atomic E-state index is -0.295. The fourth-order valence-corrected chi connectivity index (χ4v) is 2.81. The van der Waals surface area contributed by atoms with Gasteiger partial charge in [0.15, 0.2) is 5.69 Å². The van der Waals surface area contributed by atoms with Gasteiger partial charge in [-0.15, -0.1) is 0 Å². The van der Waals surface area contributed by atoms with Gasteiger partial charge in [-0.2, -0.15) is 16.2 Å². The van der Waals surface area contributed by atoms with Crippen LogP contribution in [-0.2, 0) is 0 Å². The third-order valence-corrected chi connectivity index (χ3v) is 4.21. The van der Waals surface area contributed by atoms with Crippen molar-refractivity contribution in [1.82, 2.24) is 36.6 Å². The first-order valence-corrected chi connectivity index (χ1v) is 8.04. The van der Waals surface area contributed by atoms with Gasteiger partial charge in [-0.3, -0.25) is 4.79 Å². The Morgan fingerprint density at radius 1 is 1.36 bits per heavy atom. The van der Waals surface area contributed by atoms with E-state index in [-0.39, 0.29) is 23.8 Å². The highest BCUT2D eigenvalue weighted by atomic mass is 19.1. The summed E-state index contributed by atoms with van der Waals surface area (Å²) in [7, 11) is 1.75. The smallest absolute Gasteiger partial charge is 0.274 e. The average Bonchev–Trinajstić information content (AvgIpc) is 3.26. The largest absolute Gasteiger partial charge is 0.340 e. The Morgan fingerprint density at radius 2 is 2.08 bits per heavy atom. The van der Waals surface area contributed by atoms with Gasteiger partial charge in [0.05, 0.1) is 11.9 Å². The number of halogens is 1. The van der Waals surface area contributed by atoms with E-state index in [2.05, 4.69) is 27.0 Å². The Balaban J connectivity index is 1.69. The number of nitrogens with zero attached hydrogens (tertiary/aromatic N) is 3. The van der Waals surface area contributed by atoms with Crippen molar-refractivity contribution in [3.63, 3.8) is 0 Å². The Labute approximate surface area is 145 Å². The van der Waals surface area contributed by atoms with E-state index in [4.69, 9.17) is 0 Å². The van der Waals surface area contributed by atoms with Gasteiger partial charge in [0.2, 0.25) is 0 Å². The normalized spacial score (nSPS) is 16.2. The van der Waals surface area contributed by atoms with E-state index in [1.54, 1.807) is 41.9 Å². The van der Waals surface area contributed by atoms with Crippen molar-refractivity contribution in [3.8, 4) is 5.69 Å². The van der Waals surface area contributed by atoms with Crippen LogP contribution in [0.25, 0.3) is 5.69 Å². The molecule has 8 nitrogen and oxygen atoms in total. The van der Waals surface area contributed by atoms with Crippen LogP contribution >= 0.6 is 0 Å². The van der Waals surface area contributed by atoms with Gasteiger partial charge in [0.1, 0.15) is 5.82 Å². The highest BCUT2D eigenvalue weighted by molar-refractivity contribution is 5.92. The quantitative estimate of drug-likeness (QED) is 0.629. The molecule has 1 aromatic carbocycles. The number of aryl methyl sites for hydroxylation is 1. The van der Waals surface area contributed by atoms with E-state index >= 15 is 0 Å². The molecule has 1 atom stereocenters. The van der Waals surface area contributed by atoms with Crippen molar-refractivity contribution in [3.05, 3.63) is 47.5 Å². The van der Waals surface area contributed by atoms with Crippen LogP contribution in [0.2, 0.25) is 0 Å². The second-order valence-corrected chi connectivity index (χ2v) is 6.26. The molecule has 0 spiro atoms. The van der Waals surface area contributed by atoms with E-state index in [9.17, 15) is 9.18 Å². The molecular formula is C16H22FN7O. The molecule has 0 aliphatic carbocycles. The maximum absolute atomic E-state index is 13.2. The fraction of sp³-hybridized carbons (Fsp3) is 0.375. The molecule has 1 aromatic heterocycles. The van der Waals surface area contributed by atoms with Crippen LogP contribution in [0.3, 0.4) is 0 Å². The van der Waals surface area contributed by atoms with Gasteiger partial charge >= 0.3 is 0 Å². The zero-order chi connectivity index (χ0) is 18.0. The lowest BCUT2D eigenvalue weighted by Gasteiger charge is -2.24. The summed E-state index contributed by atoms with van der Waals surface area (Å²) in [5.41, 5.74) is 13.4. The van der Waals surface area contributed by atoms with Crippen LogP contribution in [0, 0.1) is 18.7 Å². The highest BCUT2D eigenvalue weighted by Gasteiger charge is 2.24. The molecule has 9 heteroatoms. The van der Waals surface area contributed by atoms with Crippen molar-refractivity contribution in [2.75, 3.05) is 13.6 Å². The first kappa shape index (κ1) is 17.5. The van der Waals surface area contributed by atoms with Crippen LogP contribution in [0.1, 0.15) is 23.0 Å². The summed E-state index contributed by atoms with van der Waals surface area (Å²) < 4.78 is 14.8. The molecule has 1 amide bonds. The van der Waals surface area contributed by atoms with E-state index < -0.39 is 0 Å². The van der Waals surface area contributed by atoms with E-state index in [0.29, 0.717) is 12.2 Å². The number of aromatic nitrogens is 2. The number of benzene rings is 1. The molecule has 0 saturated carbocycles. The Bertz CT molecular complexity index is 757. The number of carbonyl (C=O) groups is 1. The second kappa shape index (κ2) is 7.28. The summed E-state index contributed by atoms with van der Waals surface area (Å²) in [5.74, 6) is -0.293. The van der Waals surface area contributed by atoms with Gasteiger partial charge < -0.3 is 4.90 Å². The summed E-state index contributed by atoms with van der Waals surface area (Å²) in [5, 5.41) is 4.34. The minimum absolute atomic E-state index is 0.00896. The minimum Gasteiger partial charge on any atom is -0.340 e. The van der Waals surface area contributed by atoms with Crippen molar-refractivity contribution in [2.24, 2.45) is 5.92 Å². The van der Waals surface area contributed by atoms with Crippen LogP contribution in [0.5, 0.6) is 0 Å². The molecule has 0 radical (unpaired) electrons. The van der Waals surface area contributed by atoms with Gasteiger partial charge in [-0.05, 0) is 36.8 Å². The Morgan fingerprint density at radius 3 is 2.76 bits per heavy atom. The average molecular weight is 347 g/mol. The fourth-order valence-electron chi connectivity index (χ4n) is 2.81. The monoisotopic (exact) mass is 347 g/mol. The molecule has 1 aliphatic heterocycles. The van der Waals surface area contributed by atoms with E-state index in [1.165, 1.54) is 12.1 Å². The van der Waals surface area contributed by atoms with Crippen LogP contribution in [0.15, 0.2) is 30.5 Å². The van der Waals surface area contributed by atoms with Gasteiger partial charge in [-0.1, -0.05) is 6.92 Å². The predicted molar refractivity (Wildman–Crippen MR) is 90.7 cm³/mol. The predicted octanol–water partition coefficient (Wildman–Crippen LogP) is 0.471. The van der Waals surface area contributed by atoms with Gasteiger partial charge in [0.25, 0.3) is 5.91 Å². The van der Waals surface area contributed by atoms with Crippen LogP contribution in [0.4, 0.5) is 4.39 Å². The maximum Gasteiger partial charge on any atom is 0.274 e. The number of hydrogen-bond donors (Lipinski definition) is 4. The van der Waals surface area contributed by atoms with Crippen LogP contribution in [-0.4, -0.2) is 40.3 Å². The second-order valence-electron chi connectivity index (χ2n) is 6.26. The van der Waals surface area contributed by atoms with E-state index in [0.717, 1.165) is 11.3 Å². The molecule has 4 N–H and O–H groups in total. The number of hydrogen-bond acceptors (Lipinski definition) is 6. The van der Waals surface area contributed by atoms with Crippen molar-refractivity contribution < 1.29 is 9.18 Å². The summed E-state index contributed by atoms with van der Waals surface area (Å²) in [6, 6.07) is 6.13. The molecule has 1 unspecified atom stereocenters. The molecule has 1 fully saturated rings. The summed E-state index contributed by atoms with van der Waals surface area (Å²) in [6.07, 6.45) is 1.72. The van der Waals surface area contributed by atoms with Crippen molar-refractivity contribution >= 4 is 5.91 Å². The van der Waals surface area contributed by atoms with Crippen molar-refractivity contribution in [2.45, 2.75) is 20.0 Å². The topological polar surface area (TPSA) is 86.2 Å². The number of carbonyl (C=O) groups excluding carboxylic acids is 1. The van der Waals surface area contributed by atoms with Crippen molar-refractivity contribution in [1.29, 1.82) is 0 Å². The maximum atomic E-state index is 13.2. The highest BCUT2D eigenvalue weighted by Crippen LogP contribution is 2.15. The van der Waals surface area contributed by atoms with Gasteiger partial charge in [0, 0.05) is 25.7 Å². The third kappa shape index (κ3) is 3.85. The Kier molecular flexibility index (Phi) is 5.09. The molecular weight excluding hydrogens is 325 g/mol. The molecule has 2 heterocycles. The molecule has 25 heavy (non-hydrogen) atoms. The first-order chi connectivity index (χ1) is 12.0. The summed E-state index contributed by atoms with van der Waals surface area (Å²) in [6.45, 7) is 4.39. The molecule has 2 aromatic rings. The lowest BCUT2D eigenvalue weighted by Crippen LogP contribution is -2.45. The molecule has 3 rings (SSSR count). The standard InChI is InChI=1S/C16H22FN7O/c1-10-8-12(17)4-5-14(10)24-7-6-13(20-24)16(25)23(3)9-11(2)15-18-21-22-19-15/h4-8,11,15,18-19,21-22H,9H2,1-3H3. The lowest BCUT2D eigenvalue weighted by molar-refractivity contribution is 0.0758. The first-order valence-electron chi connectivity index (χ1n) is 8.04. The molecule has 0 bridgehead atoms. The zero-order valence-corrected chi connectivity index (χ0v) is 14.4.